The Bertz CT molecular complexity index is 2800. The first-order chi connectivity index (χ1) is 35.0. The van der Waals surface area contributed by atoms with Crippen molar-refractivity contribution in [3.63, 3.8) is 0 Å². The summed E-state index contributed by atoms with van der Waals surface area (Å²) in [6, 6.07) is 13.9. The van der Waals surface area contributed by atoms with Gasteiger partial charge in [-0.25, -0.2) is 15.0 Å². The lowest BCUT2D eigenvalue weighted by atomic mass is 9.60. The number of imidazole rings is 1. The zero-order valence-corrected chi connectivity index (χ0v) is 41.9. The second-order valence-corrected chi connectivity index (χ2v) is 23.3. The zero-order valence-electron chi connectivity index (χ0n) is 41.9. The summed E-state index contributed by atoms with van der Waals surface area (Å²) in [5.41, 5.74) is 6.07. The first kappa shape index (κ1) is 45.9. The van der Waals surface area contributed by atoms with Crippen LogP contribution < -0.4 is 20.4 Å². The Hall–Kier alpha value is -5.90. The van der Waals surface area contributed by atoms with Crippen molar-refractivity contribution in [3.05, 3.63) is 60.0 Å². The molecule has 0 radical (unpaired) electrons. The third-order valence-electron chi connectivity index (χ3n) is 18.7. The fourth-order valence-corrected chi connectivity index (χ4v) is 14.3. The van der Waals surface area contributed by atoms with E-state index in [9.17, 15) is 19.2 Å². The van der Waals surface area contributed by atoms with Crippen LogP contribution in [0.4, 0.5) is 17.3 Å². The molecule has 3 atom stereocenters. The topological polar surface area (TPSA) is 169 Å². The number of aromatic nitrogens is 4. The highest BCUT2D eigenvalue weighted by atomic mass is 16.2. The van der Waals surface area contributed by atoms with E-state index in [0.29, 0.717) is 63.9 Å². The number of pyridine rings is 2. The van der Waals surface area contributed by atoms with Crippen LogP contribution in [0.1, 0.15) is 127 Å². The number of hydrogen-bond donors (Lipinski definition) is 2. The lowest BCUT2D eigenvalue weighted by molar-refractivity contribution is -0.162. The molecule has 5 amide bonds. The standard InChI is InChI=1S/C56H69N11O5/c1-33(2)66-32-58-45-28-44(60-51(50(45)66)59-39-8-9-39)35-6-11-43-46(25-35)67(41-26-40(27-41)62-18-4-3-5-19-62)55(72)56(43)16-22-64(23-17-56)54(71)49-37-24-38(49)31-65(30-37)53(70)34-14-20-63(21-15-34)47-12-7-36(29-57-47)42-10-13-48(68)61-52(42)69/h6-7,11-12,25,28-29,32-34,37-42,49H,3-5,8-10,13-24,26-27,30-31H2,1-2H3,(H,59,60)(H,61,68,69)/t37?,38?,40-,41+,42?,49?. The lowest BCUT2D eigenvalue weighted by Crippen LogP contribution is -2.63. The van der Waals surface area contributed by atoms with Gasteiger partial charge in [0.2, 0.25) is 29.5 Å². The molecule has 3 saturated carbocycles. The maximum Gasteiger partial charge on any atom is 0.238 e. The summed E-state index contributed by atoms with van der Waals surface area (Å²) >= 11 is 0. The van der Waals surface area contributed by atoms with Gasteiger partial charge in [-0.15, -0.1) is 0 Å². The van der Waals surface area contributed by atoms with Gasteiger partial charge in [-0.3, -0.25) is 29.3 Å². The van der Waals surface area contributed by atoms with Gasteiger partial charge in [-0.2, -0.15) is 0 Å². The van der Waals surface area contributed by atoms with Crippen molar-refractivity contribution in [2.45, 2.75) is 139 Å². The molecular formula is C56H69N11O5. The molecule has 378 valence electrons. The molecule has 3 aliphatic carbocycles. The Morgan fingerprint density at radius 1 is 0.792 bits per heavy atom. The van der Waals surface area contributed by atoms with E-state index in [1.165, 1.54) is 19.3 Å². The monoisotopic (exact) mass is 976 g/mol. The molecule has 16 heteroatoms. The molecule has 72 heavy (non-hydrogen) atoms. The molecule has 14 rings (SSSR count). The van der Waals surface area contributed by atoms with Gasteiger partial charge in [0.05, 0.1) is 28.9 Å². The molecule has 16 nitrogen and oxygen atoms in total. The van der Waals surface area contributed by atoms with E-state index in [4.69, 9.17) is 9.97 Å². The largest absolute Gasteiger partial charge is 0.366 e. The maximum atomic E-state index is 15.3. The van der Waals surface area contributed by atoms with Crippen molar-refractivity contribution >= 4 is 57.9 Å². The fourth-order valence-electron chi connectivity index (χ4n) is 14.3. The molecule has 1 spiro atoms. The van der Waals surface area contributed by atoms with Gasteiger partial charge < -0.3 is 34.4 Å². The van der Waals surface area contributed by atoms with E-state index in [1.54, 1.807) is 6.20 Å². The van der Waals surface area contributed by atoms with Crippen molar-refractivity contribution in [2.24, 2.45) is 23.7 Å². The first-order valence-corrected chi connectivity index (χ1v) is 27.5. The number of anilines is 3. The number of nitrogens with zero attached hydrogens (tertiary/aromatic N) is 9. The molecule has 1 aromatic carbocycles. The highest BCUT2D eigenvalue weighted by Gasteiger charge is 2.58. The normalized spacial score (nSPS) is 28.6. The minimum absolute atomic E-state index is 0.0525. The van der Waals surface area contributed by atoms with Crippen LogP contribution in [0.2, 0.25) is 0 Å². The fraction of sp³-hybridized carbons (Fsp3) is 0.607. The van der Waals surface area contributed by atoms with Gasteiger partial charge in [0, 0.05) is 99.1 Å². The number of carbonyl (C=O) groups is 5. The van der Waals surface area contributed by atoms with Crippen molar-refractivity contribution in [3.8, 4) is 11.3 Å². The minimum atomic E-state index is -0.670. The number of rotatable bonds is 10. The number of nitrogens with one attached hydrogen (secondary N) is 2. The summed E-state index contributed by atoms with van der Waals surface area (Å²) in [6.45, 7) is 10.5. The predicted octanol–water partition coefficient (Wildman–Crippen LogP) is 6.40. The number of piperidine rings is 6. The number of hydrogen-bond acceptors (Lipinski definition) is 11. The zero-order chi connectivity index (χ0) is 49.0. The molecule has 2 bridgehead atoms. The van der Waals surface area contributed by atoms with Crippen LogP contribution in [0.5, 0.6) is 0 Å². The van der Waals surface area contributed by atoms with Gasteiger partial charge in [0.25, 0.3) is 0 Å². The van der Waals surface area contributed by atoms with E-state index >= 15 is 4.79 Å². The van der Waals surface area contributed by atoms with Crippen LogP contribution in [-0.4, -0.2) is 134 Å². The van der Waals surface area contributed by atoms with Gasteiger partial charge in [0.15, 0.2) is 5.82 Å². The maximum absolute atomic E-state index is 15.3. The predicted molar refractivity (Wildman–Crippen MR) is 273 cm³/mol. The number of likely N-dealkylation sites (tertiary alicyclic amines) is 2. The molecule has 9 fully saturated rings. The van der Waals surface area contributed by atoms with Crippen molar-refractivity contribution in [1.82, 2.24) is 39.5 Å². The third kappa shape index (κ3) is 7.87. The van der Waals surface area contributed by atoms with Gasteiger partial charge >= 0.3 is 0 Å². The van der Waals surface area contributed by atoms with Crippen LogP contribution >= 0.6 is 0 Å². The summed E-state index contributed by atoms with van der Waals surface area (Å²) in [7, 11) is 0. The average Bonchev–Trinajstić information content (AvgIpc) is 4.05. The summed E-state index contributed by atoms with van der Waals surface area (Å²) in [5, 5.41) is 6.14. The van der Waals surface area contributed by atoms with Crippen LogP contribution in [0.15, 0.2) is 48.9 Å². The van der Waals surface area contributed by atoms with Gasteiger partial charge in [-0.1, -0.05) is 24.6 Å². The first-order valence-electron chi connectivity index (χ1n) is 27.5. The number of amides is 5. The SMILES string of the molecule is CC(C)n1cnc2cc(-c3ccc4c(c3)N([C@H]3C[C@@H](N5CCCCC5)C3)C(=O)C43CCN(C(=O)C4C5CC4CN(C(=O)C4CCN(c6ccc(C7CCC(=O)NC7=O)cn6)CC4)C5)CC3)nc(NC3CC3)c21. The van der Waals surface area contributed by atoms with Crippen LogP contribution in [-0.2, 0) is 29.4 Å². The number of imide groups is 1. The van der Waals surface area contributed by atoms with Crippen LogP contribution in [0.25, 0.3) is 22.3 Å². The summed E-state index contributed by atoms with van der Waals surface area (Å²) in [5.74, 6) is 1.71. The molecule has 10 heterocycles. The molecule has 6 saturated heterocycles. The van der Waals surface area contributed by atoms with Crippen molar-refractivity contribution in [1.29, 1.82) is 0 Å². The van der Waals surface area contributed by atoms with Crippen LogP contribution in [0.3, 0.4) is 0 Å². The summed E-state index contributed by atoms with van der Waals surface area (Å²) in [6.07, 6.45) is 16.3. The third-order valence-corrected chi connectivity index (χ3v) is 18.7. The molecule has 3 aromatic heterocycles. The highest BCUT2D eigenvalue weighted by Crippen LogP contribution is 2.54. The second-order valence-electron chi connectivity index (χ2n) is 23.3. The Morgan fingerprint density at radius 2 is 1.56 bits per heavy atom. The summed E-state index contributed by atoms with van der Waals surface area (Å²) in [4.78, 5) is 93.8. The lowest BCUT2D eigenvalue weighted by Gasteiger charge is -2.54. The molecular weight excluding hydrogens is 907 g/mol. The van der Waals surface area contributed by atoms with Gasteiger partial charge in [-0.05, 0) is 145 Å². The van der Waals surface area contributed by atoms with Crippen molar-refractivity contribution in [2.75, 3.05) is 67.5 Å². The molecule has 3 unspecified atom stereocenters. The highest BCUT2D eigenvalue weighted by molar-refractivity contribution is 6.09. The Morgan fingerprint density at radius 3 is 2.25 bits per heavy atom. The Balaban J connectivity index is 0.671. The van der Waals surface area contributed by atoms with E-state index in [-0.39, 0.29) is 71.2 Å². The molecule has 7 aliphatic heterocycles. The summed E-state index contributed by atoms with van der Waals surface area (Å²) < 4.78 is 2.20. The number of carbonyl (C=O) groups excluding carboxylic acids is 5. The smallest absolute Gasteiger partial charge is 0.238 e. The average molecular weight is 976 g/mol. The van der Waals surface area contributed by atoms with E-state index in [0.717, 1.165) is 122 Å². The molecule has 10 aliphatic rings. The van der Waals surface area contributed by atoms with E-state index in [1.807, 2.05) is 23.4 Å². The number of benzene rings is 1. The van der Waals surface area contributed by atoms with Crippen LogP contribution in [0, 0.1) is 23.7 Å². The quantitative estimate of drug-likeness (QED) is 0.169. The number of fused-ring (bicyclic) bond motifs is 5. The Labute approximate surface area is 421 Å². The molecule has 2 N–H and O–H groups in total. The van der Waals surface area contributed by atoms with Crippen molar-refractivity contribution < 1.29 is 24.0 Å². The second kappa shape index (κ2) is 17.9. The van der Waals surface area contributed by atoms with E-state index in [2.05, 4.69) is 77.9 Å². The van der Waals surface area contributed by atoms with E-state index < -0.39 is 5.41 Å². The Kier molecular flexibility index (Phi) is 11.4. The minimum Gasteiger partial charge on any atom is -0.366 e. The molecule has 4 aromatic rings. The van der Waals surface area contributed by atoms with Gasteiger partial charge in [0.1, 0.15) is 11.3 Å².